The Labute approximate surface area is 171 Å². The Morgan fingerprint density at radius 1 is 1.07 bits per heavy atom. The van der Waals surface area contributed by atoms with E-state index in [-0.39, 0.29) is 11.8 Å². The Kier molecular flexibility index (Phi) is 6.82. The summed E-state index contributed by atoms with van der Waals surface area (Å²) in [6.45, 7) is 9.23. The molecule has 0 atom stereocenters. The lowest BCUT2D eigenvalue weighted by atomic mass is 10.1. The van der Waals surface area contributed by atoms with E-state index in [1.807, 2.05) is 39.0 Å². The highest BCUT2D eigenvalue weighted by atomic mass is 16.5. The molecule has 1 aliphatic heterocycles. The summed E-state index contributed by atoms with van der Waals surface area (Å²) in [5, 5.41) is 3.02. The maximum atomic E-state index is 12.7. The van der Waals surface area contributed by atoms with Crippen LogP contribution in [0, 0.1) is 13.8 Å². The summed E-state index contributed by atoms with van der Waals surface area (Å²) in [6.07, 6.45) is 1.55. The second-order valence-electron chi connectivity index (χ2n) is 7.20. The van der Waals surface area contributed by atoms with Gasteiger partial charge in [-0.15, -0.1) is 0 Å². The Morgan fingerprint density at radius 2 is 1.76 bits per heavy atom. The van der Waals surface area contributed by atoms with Crippen LogP contribution in [0.3, 0.4) is 0 Å². The number of aromatic nitrogens is 1. The van der Waals surface area contributed by atoms with Gasteiger partial charge in [-0.25, -0.2) is 4.98 Å². The molecule has 0 radical (unpaired) electrons. The van der Waals surface area contributed by atoms with Crippen molar-refractivity contribution in [2.45, 2.75) is 20.8 Å². The van der Waals surface area contributed by atoms with Gasteiger partial charge in [0, 0.05) is 44.1 Å². The Bertz CT molecular complexity index is 839. The fourth-order valence-electron chi connectivity index (χ4n) is 3.43. The average Bonchev–Trinajstić information content (AvgIpc) is 2.72. The van der Waals surface area contributed by atoms with Crippen molar-refractivity contribution >= 4 is 17.5 Å². The van der Waals surface area contributed by atoms with Gasteiger partial charge in [0.2, 0.25) is 11.8 Å². The zero-order valence-corrected chi connectivity index (χ0v) is 17.3. The molecule has 29 heavy (non-hydrogen) atoms. The van der Waals surface area contributed by atoms with Crippen molar-refractivity contribution < 1.29 is 14.3 Å². The number of pyridine rings is 1. The third kappa shape index (κ3) is 5.32. The molecule has 2 aromatic rings. The SMILES string of the molecule is CCOc1ccc(C(=O)N2CCN(CC(=O)Nc3c(C)cccc3C)CC2)cn1. The minimum atomic E-state index is -0.0415. The standard InChI is InChI=1S/C22H28N4O3/c1-4-29-20-9-8-18(14-23-20)22(28)26-12-10-25(11-13-26)15-19(27)24-21-16(2)6-5-7-17(21)3/h5-9,14H,4,10-13,15H2,1-3H3,(H,24,27). The number of benzene rings is 1. The first-order valence-corrected chi connectivity index (χ1v) is 9.94. The van der Waals surface area contributed by atoms with Crippen molar-refractivity contribution in [2.75, 3.05) is 44.6 Å². The monoisotopic (exact) mass is 396 g/mol. The maximum absolute atomic E-state index is 12.7. The van der Waals surface area contributed by atoms with Crippen molar-refractivity contribution in [1.82, 2.24) is 14.8 Å². The van der Waals surface area contributed by atoms with Gasteiger partial charge in [0.05, 0.1) is 18.7 Å². The first kappa shape index (κ1) is 20.8. The third-order valence-electron chi connectivity index (χ3n) is 5.05. The summed E-state index contributed by atoms with van der Waals surface area (Å²) < 4.78 is 5.31. The maximum Gasteiger partial charge on any atom is 0.255 e. The van der Waals surface area contributed by atoms with Gasteiger partial charge in [0.1, 0.15) is 0 Å². The van der Waals surface area contributed by atoms with Gasteiger partial charge in [-0.3, -0.25) is 14.5 Å². The number of nitrogens with one attached hydrogen (secondary N) is 1. The molecule has 1 N–H and O–H groups in total. The number of para-hydroxylation sites is 1. The summed E-state index contributed by atoms with van der Waals surface area (Å²) >= 11 is 0. The molecule has 0 spiro atoms. The van der Waals surface area contributed by atoms with E-state index >= 15 is 0 Å². The molecule has 154 valence electrons. The van der Waals surface area contributed by atoms with E-state index in [1.54, 1.807) is 23.2 Å². The molecule has 1 aromatic carbocycles. The molecule has 0 unspecified atom stereocenters. The van der Waals surface area contributed by atoms with Crippen LogP contribution in [-0.2, 0) is 4.79 Å². The number of amides is 2. The fourth-order valence-corrected chi connectivity index (χ4v) is 3.43. The Balaban J connectivity index is 1.49. The number of hydrogen-bond acceptors (Lipinski definition) is 5. The Hall–Kier alpha value is -2.93. The predicted molar refractivity (Wildman–Crippen MR) is 112 cm³/mol. The molecule has 0 aliphatic carbocycles. The number of anilines is 1. The quantitative estimate of drug-likeness (QED) is 0.812. The van der Waals surface area contributed by atoms with E-state index in [4.69, 9.17) is 4.74 Å². The third-order valence-corrected chi connectivity index (χ3v) is 5.05. The van der Waals surface area contributed by atoms with Gasteiger partial charge >= 0.3 is 0 Å². The fraction of sp³-hybridized carbons (Fsp3) is 0.409. The van der Waals surface area contributed by atoms with Gasteiger partial charge < -0.3 is 15.0 Å². The van der Waals surface area contributed by atoms with E-state index in [2.05, 4.69) is 15.2 Å². The average molecular weight is 396 g/mol. The summed E-state index contributed by atoms with van der Waals surface area (Å²) in [6, 6.07) is 9.41. The number of piperazine rings is 1. The van der Waals surface area contributed by atoms with Gasteiger partial charge in [-0.2, -0.15) is 0 Å². The number of carbonyl (C=O) groups is 2. The van der Waals surface area contributed by atoms with Crippen LogP contribution >= 0.6 is 0 Å². The number of rotatable bonds is 6. The van der Waals surface area contributed by atoms with Gasteiger partial charge in [0.25, 0.3) is 5.91 Å². The van der Waals surface area contributed by atoms with Gasteiger partial charge in [-0.05, 0) is 38.0 Å². The first-order valence-electron chi connectivity index (χ1n) is 9.94. The smallest absolute Gasteiger partial charge is 0.255 e. The largest absolute Gasteiger partial charge is 0.478 e. The number of ether oxygens (including phenoxy) is 1. The molecule has 1 saturated heterocycles. The van der Waals surface area contributed by atoms with E-state index in [0.29, 0.717) is 50.8 Å². The first-order chi connectivity index (χ1) is 14.0. The molecular formula is C22H28N4O3. The molecular weight excluding hydrogens is 368 g/mol. The van der Waals surface area contributed by atoms with Crippen molar-refractivity contribution in [3.05, 3.63) is 53.2 Å². The topological polar surface area (TPSA) is 74.8 Å². The molecule has 1 fully saturated rings. The normalized spacial score (nSPS) is 14.5. The minimum absolute atomic E-state index is 0.0297. The molecule has 0 bridgehead atoms. The number of carbonyl (C=O) groups excluding carboxylic acids is 2. The molecule has 0 saturated carbocycles. The summed E-state index contributed by atoms with van der Waals surface area (Å²) in [4.78, 5) is 33.1. The van der Waals surface area contributed by atoms with Crippen molar-refractivity contribution in [3.8, 4) is 5.88 Å². The molecule has 7 nitrogen and oxygen atoms in total. The lowest BCUT2D eigenvalue weighted by Gasteiger charge is -2.34. The zero-order valence-electron chi connectivity index (χ0n) is 17.3. The summed E-state index contributed by atoms with van der Waals surface area (Å²) in [5.74, 6) is 0.446. The van der Waals surface area contributed by atoms with E-state index in [1.165, 1.54) is 0 Å². The highest BCUT2D eigenvalue weighted by molar-refractivity contribution is 5.94. The number of hydrogen-bond donors (Lipinski definition) is 1. The number of nitrogens with zero attached hydrogens (tertiary/aromatic N) is 3. The second kappa shape index (κ2) is 9.52. The molecule has 2 heterocycles. The van der Waals surface area contributed by atoms with E-state index in [0.717, 1.165) is 16.8 Å². The lowest BCUT2D eigenvalue weighted by molar-refractivity contribution is -0.117. The van der Waals surface area contributed by atoms with Crippen molar-refractivity contribution in [3.63, 3.8) is 0 Å². The second-order valence-corrected chi connectivity index (χ2v) is 7.20. The van der Waals surface area contributed by atoms with Gasteiger partial charge in [0.15, 0.2) is 0 Å². The minimum Gasteiger partial charge on any atom is -0.478 e. The van der Waals surface area contributed by atoms with Gasteiger partial charge in [-0.1, -0.05) is 18.2 Å². The molecule has 1 aliphatic rings. The van der Waals surface area contributed by atoms with E-state index in [9.17, 15) is 9.59 Å². The lowest BCUT2D eigenvalue weighted by Crippen LogP contribution is -2.50. The van der Waals surface area contributed by atoms with Crippen LogP contribution in [0.15, 0.2) is 36.5 Å². The molecule has 7 heteroatoms. The molecule has 3 rings (SSSR count). The Morgan fingerprint density at radius 3 is 2.34 bits per heavy atom. The summed E-state index contributed by atoms with van der Waals surface area (Å²) in [7, 11) is 0. The zero-order chi connectivity index (χ0) is 20.8. The van der Waals surface area contributed by atoms with Crippen molar-refractivity contribution in [1.29, 1.82) is 0 Å². The molecule has 1 aromatic heterocycles. The number of aryl methyl sites for hydroxylation is 2. The van der Waals surface area contributed by atoms with Crippen LogP contribution < -0.4 is 10.1 Å². The van der Waals surface area contributed by atoms with Crippen LogP contribution in [-0.4, -0.2) is 65.9 Å². The van der Waals surface area contributed by atoms with Crippen molar-refractivity contribution in [2.24, 2.45) is 0 Å². The van der Waals surface area contributed by atoms with Crippen LogP contribution in [0.4, 0.5) is 5.69 Å². The highest BCUT2D eigenvalue weighted by Gasteiger charge is 2.23. The van der Waals surface area contributed by atoms with E-state index < -0.39 is 0 Å². The predicted octanol–water partition coefficient (Wildman–Crippen LogP) is 2.49. The van der Waals surface area contributed by atoms with Crippen LogP contribution in [0.2, 0.25) is 0 Å². The summed E-state index contributed by atoms with van der Waals surface area (Å²) in [5.41, 5.74) is 3.54. The van der Waals surface area contributed by atoms with Crippen LogP contribution in [0.5, 0.6) is 5.88 Å². The van der Waals surface area contributed by atoms with Crippen LogP contribution in [0.25, 0.3) is 0 Å². The highest BCUT2D eigenvalue weighted by Crippen LogP contribution is 2.19. The van der Waals surface area contributed by atoms with Crippen LogP contribution in [0.1, 0.15) is 28.4 Å². The molecule has 2 amide bonds.